The number of hydrogen-bond acceptors (Lipinski definition) is 4. The highest BCUT2D eigenvalue weighted by molar-refractivity contribution is 5.88. The highest BCUT2D eigenvalue weighted by Gasteiger charge is 2.42. The predicted molar refractivity (Wildman–Crippen MR) is 90.3 cm³/mol. The number of hydrogen-bond donors (Lipinski definition) is 2. The minimum absolute atomic E-state index is 0.232. The molecule has 3 rings (SSSR count). The van der Waals surface area contributed by atoms with Crippen molar-refractivity contribution in [3.05, 3.63) is 65.7 Å². The second-order valence-electron chi connectivity index (χ2n) is 6.20. The van der Waals surface area contributed by atoms with E-state index in [9.17, 15) is 14.3 Å². The standard InChI is InChI=1S/C19H21FN2O3/c20-16-5-1-4-15(11-16)19(6-9-25-10-7-19)18(24)22-17(13-23)14-3-2-8-21-12-14/h1-5,8,11-12,17,23H,6-7,9-10,13H2,(H,22,24). The van der Waals surface area contributed by atoms with Gasteiger partial charge in [-0.2, -0.15) is 0 Å². The quantitative estimate of drug-likeness (QED) is 0.872. The number of nitrogens with zero attached hydrogens (tertiary/aromatic N) is 1. The van der Waals surface area contributed by atoms with Gasteiger partial charge in [0.25, 0.3) is 0 Å². The van der Waals surface area contributed by atoms with Crippen LogP contribution in [0.5, 0.6) is 0 Å². The van der Waals surface area contributed by atoms with Crippen molar-refractivity contribution in [1.82, 2.24) is 10.3 Å². The van der Waals surface area contributed by atoms with Crippen molar-refractivity contribution >= 4 is 5.91 Å². The van der Waals surface area contributed by atoms with Crippen molar-refractivity contribution in [3.63, 3.8) is 0 Å². The Balaban J connectivity index is 1.89. The number of carbonyl (C=O) groups excluding carboxylic acids is 1. The van der Waals surface area contributed by atoms with Crippen molar-refractivity contribution < 1.29 is 19.0 Å². The van der Waals surface area contributed by atoms with Crippen LogP contribution in [0.3, 0.4) is 0 Å². The Morgan fingerprint density at radius 3 is 2.76 bits per heavy atom. The van der Waals surface area contributed by atoms with Crippen LogP contribution >= 0.6 is 0 Å². The molecule has 1 aromatic heterocycles. The Morgan fingerprint density at radius 2 is 2.12 bits per heavy atom. The number of pyridine rings is 1. The molecule has 0 bridgehead atoms. The van der Waals surface area contributed by atoms with Crippen molar-refractivity contribution in [1.29, 1.82) is 0 Å². The van der Waals surface area contributed by atoms with Gasteiger partial charge in [0, 0.05) is 25.6 Å². The van der Waals surface area contributed by atoms with Crippen LogP contribution in [0.1, 0.15) is 30.0 Å². The van der Waals surface area contributed by atoms with E-state index in [2.05, 4.69) is 10.3 Å². The van der Waals surface area contributed by atoms with Crippen LogP contribution in [-0.2, 0) is 14.9 Å². The Bertz CT molecular complexity index is 718. The highest BCUT2D eigenvalue weighted by atomic mass is 19.1. The molecule has 1 aromatic carbocycles. The second-order valence-corrected chi connectivity index (χ2v) is 6.20. The first-order chi connectivity index (χ1) is 12.2. The van der Waals surface area contributed by atoms with E-state index in [-0.39, 0.29) is 18.3 Å². The van der Waals surface area contributed by atoms with E-state index in [1.165, 1.54) is 12.1 Å². The van der Waals surface area contributed by atoms with Crippen molar-refractivity contribution in [2.24, 2.45) is 0 Å². The average Bonchev–Trinajstić information content (AvgIpc) is 2.67. The minimum atomic E-state index is -0.865. The number of benzene rings is 1. The molecule has 2 aromatic rings. The second kappa shape index (κ2) is 7.72. The van der Waals surface area contributed by atoms with E-state index < -0.39 is 11.5 Å². The van der Waals surface area contributed by atoms with Gasteiger partial charge in [0.2, 0.25) is 5.91 Å². The third-order valence-electron chi connectivity index (χ3n) is 4.73. The summed E-state index contributed by atoms with van der Waals surface area (Å²) in [5, 5.41) is 12.6. The number of aromatic nitrogens is 1. The molecule has 2 N–H and O–H groups in total. The largest absolute Gasteiger partial charge is 0.394 e. The van der Waals surface area contributed by atoms with Crippen LogP contribution < -0.4 is 5.32 Å². The summed E-state index contributed by atoms with van der Waals surface area (Å²) in [4.78, 5) is 17.2. The molecule has 0 aliphatic carbocycles. The minimum Gasteiger partial charge on any atom is -0.394 e. The average molecular weight is 344 g/mol. The lowest BCUT2D eigenvalue weighted by Gasteiger charge is -2.37. The normalized spacial score (nSPS) is 17.7. The number of rotatable bonds is 5. The third kappa shape index (κ3) is 3.70. The van der Waals surface area contributed by atoms with Gasteiger partial charge in [-0.15, -0.1) is 0 Å². The summed E-state index contributed by atoms with van der Waals surface area (Å²) in [7, 11) is 0. The van der Waals surface area contributed by atoms with Gasteiger partial charge in [-0.1, -0.05) is 18.2 Å². The SMILES string of the molecule is O=C(NC(CO)c1cccnc1)C1(c2cccc(F)c2)CCOCC1. The molecule has 0 saturated carbocycles. The summed E-state index contributed by atoms with van der Waals surface area (Å²) in [6.07, 6.45) is 4.17. The Kier molecular flexibility index (Phi) is 5.40. The monoisotopic (exact) mass is 344 g/mol. The van der Waals surface area contributed by atoms with Crippen molar-refractivity contribution in [2.45, 2.75) is 24.3 Å². The van der Waals surface area contributed by atoms with Gasteiger partial charge in [-0.05, 0) is 42.2 Å². The van der Waals surface area contributed by atoms with Crippen LogP contribution in [0.15, 0.2) is 48.8 Å². The maximum atomic E-state index is 13.7. The first kappa shape index (κ1) is 17.5. The number of aliphatic hydroxyl groups is 1. The van der Waals surface area contributed by atoms with Crippen LogP contribution in [-0.4, -0.2) is 35.8 Å². The first-order valence-electron chi connectivity index (χ1n) is 8.31. The highest BCUT2D eigenvalue weighted by Crippen LogP contribution is 2.36. The van der Waals surface area contributed by atoms with Crippen molar-refractivity contribution in [3.8, 4) is 0 Å². The molecule has 6 heteroatoms. The van der Waals surface area contributed by atoms with Gasteiger partial charge in [-0.3, -0.25) is 9.78 Å². The van der Waals surface area contributed by atoms with Crippen molar-refractivity contribution in [2.75, 3.05) is 19.8 Å². The van der Waals surface area contributed by atoms with E-state index in [1.807, 2.05) is 0 Å². The summed E-state index contributed by atoms with van der Waals surface area (Å²) in [5.74, 6) is -0.605. The number of carbonyl (C=O) groups is 1. The zero-order chi connectivity index (χ0) is 17.7. The third-order valence-corrected chi connectivity index (χ3v) is 4.73. The Labute approximate surface area is 145 Å². The molecular weight excluding hydrogens is 323 g/mol. The molecule has 5 nitrogen and oxygen atoms in total. The topological polar surface area (TPSA) is 71.5 Å². The first-order valence-corrected chi connectivity index (χ1v) is 8.31. The summed E-state index contributed by atoms with van der Waals surface area (Å²) < 4.78 is 19.1. The summed E-state index contributed by atoms with van der Waals surface area (Å²) in [6.45, 7) is 0.619. The van der Waals surface area contributed by atoms with Gasteiger partial charge in [0.1, 0.15) is 5.82 Å². The lowest BCUT2D eigenvalue weighted by molar-refractivity contribution is -0.131. The molecule has 0 radical (unpaired) electrons. The molecule has 1 amide bonds. The van der Waals surface area contributed by atoms with Crippen LogP contribution in [0.25, 0.3) is 0 Å². The van der Waals surface area contributed by atoms with Crippen LogP contribution in [0.2, 0.25) is 0 Å². The molecule has 1 aliphatic heterocycles. The summed E-state index contributed by atoms with van der Waals surface area (Å²) in [6, 6.07) is 9.14. The van der Waals surface area contributed by atoms with E-state index >= 15 is 0 Å². The number of ether oxygens (including phenoxy) is 1. The van der Waals surface area contributed by atoms with Crippen LogP contribution in [0, 0.1) is 5.82 Å². The molecule has 1 fully saturated rings. The number of amides is 1. The fourth-order valence-corrected chi connectivity index (χ4v) is 3.27. The maximum Gasteiger partial charge on any atom is 0.231 e. The molecular formula is C19H21FN2O3. The number of nitrogens with one attached hydrogen (secondary N) is 1. The molecule has 1 aliphatic rings. The summed E-state index contributed by atoms with van der Waals surface area (Å²) >= 11 is 0. The number of halogens is 1. The summed E-state index contributed by atoms with van der Waals surface area (Å²) in [5.41, 5.74) is 0.492. The fraction of sp³-hybridized carbons (Fsp3) is 0.368. The van der Waals surface area contributed by atoms with E-state index in [0.717, 1.165) is 5.56 Å². The fourth-order valence-electron chi connectivity index (χ4n) is 3.27. The van der Waals surface area contributed by atoms with Gasteiger partial charge < -0.3 is 15.2 Å². The lowest BCUT2D eigenvalue weighted by Crippen LogP contribution is -2.49. The Morgan fingerprint density at radius 1 is 1.32 bits per heavy atom. The Hall–Kier alpha value is -2.31. The van der Waals surface area contributed by atoms with Gasteiger partial charge in [-0.25, -0.2) is 4.39 Å². The molecule has 0 spiro atoms. The molecule has 25 heavy (non-hydrogen) atoms. The molecule has 1 saturated heterocycles. The zero-order valence-electron chi connectivity index (χ0n) is 13.8. The lowest BCUT2D eigenvalue weighted by atomic mass is 9.73. The smallest absolute Gasteiger partial charge is 0.231 e. The molecule has 2 heterocycles. The zero-order valence-corrected chi connectivity index (χ0v) is 13.8. The molecule has 1 unspecified atom stereocenters. The molecule has 132 valence electrons. The molecule has 1 atom stereocenters. The van der Waals surface area contributed by atoms with E-state index in [1.54, 1.807) is 36.7 Å². The maximum absolute atomic E-state index is 13.7. The van der Waals surface area contributed by atoms with Crippen LogP contribution in [0.4, 0.5) is 4.39 Å². The number of aliphatic hydroxyl groups excluding tert-OH is 1. The van der Waals surface area contributed by atoms with Gasteiger partial charge in [0.05, 0.1) is 18.1 Å². The van der Waals surface area contributed by atoms with Gasteiger partial charge >= 0.3 is 0 Å². The van der Waals surface area contributed by atoms with E-state index in [4.69, 9.17) is 4.74 Å². The van der Waals surface area contributed by atoms with Gasteiger partial charge in [0.15, 0.2) is 0 Å². The van der Waals surface area contributed by atoms with E-state index in [0.29, 0.717) is 31.6 Å². The predicted octanol–water partition coefficient (Wildman–Crippen LogP) is 2.12.